The van der Waals surface area contributed by atoms with Crippen molar-refractivity contribution in [1.82, 2.24) is 9.78 Å². The van der Waals surface area contributed by atoms with E-state index < -0.39 is 0 Å². The first-order valence-electron chi connectivity index (χ1n) is 5.00. The number of aromatic nitrogens is 2. The maximum absolute atomic E-state index is 6.23. The van der Waals surface area contributed by atoms with Crippen LogP contribution >= 0.6 is 11.6 Å². The minimum absolute atomic E-state index is 0.254. The molecule has 1 saturated carbocycles. The molecule has 0 aromatic carbocycles. The van der Waals surface area contributed by atoms with Gasteiger partial charge in [-0.05, 0) is 32.7 Å². The molecule has 0 radical (unpaired) electrons. The Kier molecular flexibility index (Phi) is 2.32. The first-order valence-corrected chi connectivity index (χ1v) is 5.38. The van der Waals surface area contributed by atoms with Gasteiger partial charge in [-0.15, -0.1) is 0 Å². The van der Waals surface area contributed by atoms with E-state index in [9.17, 15) is 0 Å². The summed E-state index contributed by atoms with van der Waals surface area (Å²) in [6.07, 6.45) is 3.44. The van der Waals surface area contributed by atoms with E-state index in [2.05, 4.69) is 5.10 Å². The van der Waals surface area contributed by atoms with Gasteiger partial charge in [-0.2, -0.15) is 5.10 Å². The van der Waals surface area contributed by atoms with Gasteiger partial charge in [0.25, 0.3) is 0 Å². The average Bonchev–Trinajstić information content (AvgIpc) is 2.80. The van der Waals surface area contributed by atoms with Crippen LogP contribution in [0.2, 0.25) is 5.15 Å². The second-order valence-corrected chi connectivity index (χ2v) is 4.55. The van der Waals surface area contributed by atoms with E-state index in [-0.39, 0.29) is 5.41 Å². The zero-order chi connectivity index (χ0) is 10.3. The van der Waals surface area contributed by atoms with Gasteiger partial charge in [0.1, 0.15) is 5.15 Å². The van der Waals surface area contributed by atoms with E-state index in [1.165, 1.54) is 18.4 Å². The summed E-state index contributed by atoms with van der Waals surface area (Å²) >= 11 is 6.23. The number of nitrogens with two attached hydrogens (primary N) is 1. The molecule has 0 spiro atoms. The van der Waals surface area contributed by atoms with Gasteiger partial charge in [0, 0.05) is 18.0 Å². The normalized spacial score (nSPS) is 18.6. The van der Waals surface area contributed by atoms with Crippen LogP contribution in [-0.4, -0.2) is 16.3 Å². The zero-order valence-electron chi connectivity index (χ0n) is 8.68. The highest BCUT2D eigenvalue weighted by Gasteiger charge is 2.47. The lowest BCUT2D eigenvalue weighted by atomic mass is 9.93. The highest BCUT2D eigenvalue weighted by molar-refractivity contribution is 6.30. The van der Waals surface area contributed by atoms with Crippen LogP contribution < -0.4 is 5.73 Å². The van der Waals surface area contributed by atoms with E-state index in [1.807, 2.05) is 14.0 Å². The van der Waals surface area contributed by atoms with Crippen LogP contribution in [0, 0.1) is 6.92 Å². The fourth-order valence-electron chi connectivity index (χ4n) is 2.28. The number of hydrogen-bond donors (Lipinski definition) is 1. The third-order valence-corrected chi connectivity index (χ3v) is 3.59. The Labute approximate surface area is 89.2 Å². The Morgan fingerprint density at radius 2 is 2.21 bits per heavy atom. The van der Waals surface area contributed by atoms with Gasteiger partial charge in [-0.25, -0.2) is 0 Å². The third kappa shape index (κ3) is 1.35. The topological polar surface area (TPSA) is 43.8 Å². The number of halogens is 1. The van der Waals surface area contributed by atoms with Crippen molar-refractivity contribution in [2.24, 2.45) is 12.8 Å². The van der Waals surface area contributed by atoms with Crippen LogP contribution in [0.25, 0.3) is 0 Å². The van der Waals surface area contributed by atoms with Crippen molar-refractivity contribution in [2.75, 3.05) is 6.54 Å². The summed E-state index contributed by atoms with van der Waals surface area (Å²) in [6.45, 7) is 2.75. The van der Waals surface area contributed by atoms with Crippen molar-refractivity contribution >= 4 is 11.6 Å². The molecule has 1 aromatic rings. The highest BCUT2D eigenvalue weighted by Crippen LogP contribution is 2.53. The van der Waals surface area contributed by atoms with Gasteiger partial charge in [-0.1, -0.05) is 11.6 Å². The van der Waals surface area contributed by atoms with Gasteiger partial charge in [0.05, 0.1) is 5.69 Å². The molecule has 78 valence electrons. The first kappa shape index (κ1) is 9.99. The van der Waals surface area contributed by atoms with Crippen molar-refractivity contribution in [1.29, 1.82) is 0 Å². The second kappa shape index (κ2) is 3.24. The van der Waals surface area contributed by atoms with Gasteiger partial charge in [0.15, 0.2) is 0 Å². The molecule has 3 nitrogen and oxygen atoms in total. The number of aryl methyl sites for hydroxylation is 2. The largest absolute Gasteiger partial charge is 0.330 e. The fraction of sp³-hybridized carbons (Fsp3) is 0.700. The quantitative estimate of drug-likeness (QED) is 0.832. The molecule has 0 saturated heterocycles. The van der Waals surface area contributed by atoms with Gasteiger partial charge < -0.3 is 5.73 Å². The molecular formula is C10H16ClN3. The molecule has 0 bridgehead atoms. The maximum Gasteiger partial charge on any atom is 0.130 e. The van der Waals surface area contributed by atoms with Crippen LogP contribution in [0.1, 0.15) is 30.5 Å². The highest BCUT2D eigenvalue weighted by atomic mass is 35.5. The molecule has 1 aliphatic rings. The summed E-state index contributed by atoms with van der Waals surface area (Å²) in [5.74, 6) is 0. The molecule has 14 heavy (non-hydrogen) atoms. The van der Waals surface area contributed by atoms with E-state index >= 15 is 0 Å². The lowest BCUT2D eigenvalue weighted by Gasteiger charge is -2.13. The Bertz CT molecular complexity index is 352. The molecule has 0 atom stereocenters. The number of rotatable bonds is 3. The molecule has 0 unspecified atom stereocenters. The summed E-state index contributed by atoms with van der Waals surface area (Å²) in [5.41, 5.74) is 8.17. The monoisotopic (exact) mass is 213 g/mol. The molecule has 2 rings (SSSR count). The average molecular weight is 214 g/mol. The van der Waals surface area contributed by atoms with Gasteiger partial charge in [-0.3, -0.25) is 4.68 Å². The van der Waals surface area contributed by atoms with Crippen molar-refractivity contribution < 1.29 is 0 Å². The Balaban J connectivity index is 2.40. The van der Waals surface area contributed by atoms with Gasteiger partial charge in [0.2, 0.25) is 0 Å². The van der Waals surface area contributed by atoms with Crippen LogP contribution in [0.4, 0.5) is 0 Å². The standard InChI is InChI=1S/C10H16ClN3/c1-7-8(9(11)14(2)13-7)10(3-4-10)5-6-12/h3-6,12H2,1-2H3. The number of nitrogens with zero attached hydrogens (tertiary/aromatic N) is 2. The van der Waals surface area contributed by atoms with Crippen LogP contribution in [0.15, 0.2) is 0 Å². The van der Waals surface area contributed by atoms with Crippen molar-refractivity contribution in [3.05, 3.63) is 16.4 Å². The molecule has 0 aliphatic heterocycles. The molecule has 2 N–H and O–H groups in total. The zero-order valence-corrected chi connectivity index (χ0v) is 9.43. The fourth-order valence-corrected chi connectivity index (χ4v) is 2.66. The van der Waals surface area contributed by atoms with Crippen molar-refractivity contribution in [3.63, 3.8) is 0 Å². The van der Waals surface area contributed by atoms with E-state index in [0.717, 1.165) is 23.8 Å². The van der Waals surface area contributed by atoms with Crippen LogP contribution in [0.3, 0.4) is 0 Å². The predicted octanol–water partition coefficient (Wildman–Crippen LogP) is 1.76. The van der Waals surface area contributed by atoms with Crippen LogP contribution in [0.5, 0.6) is 0 Å². The third-order valence-electron chi connectivity index (χ3n) is 3.16. The van der Waals surface area contributed by atoms with Crippen molar-refractivity contribution in [3.8, 4) is 0 Å². The van der Waals surface area contributed by atoms with Crippen molar-refractivity contribution in [2.45, 2.75) is 31.6 Å². The van der Waals surface area contributed by atoms with E-state index in [0.29, 0.717) is 0 Å². The molecular weight excluding hydrogens is 198 g/mol. The summed E-state index contributed by atoms with van der Waals surface area (Å²) in [4.78, 5) is 0. The molecule has 1 aliphatic carbocycles. The summed E-state index contributed by atoms with van der Waals surface area (Å²) in [6, 6.07) is 0. The Morgan fingerprint density at radius 1 is 1.57 bits per heavy atom. The van der Waals surface area contributed by atoms with Crippen LogP contribution in [-0.2, 0) is 12.5 Å². The predicted molar refractivity (Wildman–Crippen MR) is 57.5 cm³/mol. The molecule has 0 amide bonds. The lowest BCUT2D eigenvalue weighted by Crippen LogP contribution is -2.14. The molecule has 1 fully saturated rings. The maximum atomic E-state index is 6.23. The number of hydrogen-bond acceptors (Lipinski definition) is 2. The minimum Gasteiger partial charge on any atom is -0.330 e. The smallest absolute Gasteiger partial charge is 0.130 e. The summed E-state index contributed by atoms with van der Waals surface area (Å²) < 4.78 is 1.75. The lowest BCUT2D eigenvalue weighted by molar-refractivity contribution is 0.625. The Morgan fingerprint density at radius 3 is 2.57 bits per heavy atom. The first-order chi connectivity index (χ1) is 6.60. The van der Waals surface area contributed by atoms with Gasteiger partial charge >= 0.3 is 0 Å². The molecule has 1 heterocycles. The summed E-state index contributed by atoms with van der Waals surface area (Å²) in [5, 5.41) is 5.13. The second-order valence-electron chi connectivity index (χ2n) is 4.19. The SMILES string of the molecule is Cc1nn(C)c(Cl)c1C1(CCN)CC1. The molecule has 1 aromatic heterocycles. The minimum atomic E-state index is 0.254. The molecule has 4 heteroatoms. The summed E-state index contributed by atoms with van der Waals surface area (Å²) in [7, 11) is 1.89. The van der Waals surface area contributed by atoms with E-state index in [4.69, 9.17) is 17.3 Å². The van der Waals surface area contributed by atoms with E-state index in [1.54, 1.807) is 4.68 Å². The Hall–Kier alpha value is -0.540.